The molecule has 0 radical (unpaired) electrons. The lowest BCUT2D eigenvalue weighted by molar-refractivity contribution is 0.231. The molecule has 2 atom stereocenters. The highest BCUT2D eigenvalue weighted by Gasteiger charge is 2.34. The Morgan fingerprint density at radius 3 is 0.925 bits per heavy atom. The molecule has 22 heterocycles. The van der Waals surface area contributed by atoms with E-state index in [1.807, 2.05) is 199 Å². The highest BCUT2D eigenvalue weighted by molar-refractivity contribution is 5.85. The number of hydrogen-bond donors (Lipinski definition) is 2. The van der Waals surface area contributed by atoms with Crippen molar-refractivity contribution < 1.29 is 22.1 Å². The predicted molar refractivity (Wildman–Crippen MR) is 568 cm³/mol. The van der Waals surface area contributed by atoms with Gasteiger partial charge in [0.2, 0.25) is 0 Å². The lowest BCUT2D eigenvalue weighted by Crippen LogP contribution is -2.57. The third-order valence-corrected chi connectivity index (χ3v) is 28.8. The van der Waals surface area contributed by atoms with Gasteiger partial charge in [0.25, 0.3) is 27.8 Å². The molecule has 5 aromatic carbocycles. The smallest absolute Gasteiger partial charge is 0.258 e. The summed E-state index contributed by atoms with van der Waals surface area (Å²) in [6.07, 6.45) is 16.9. The molecule has 0 saturated carbocycles. The van der Waals surface area contributed by atoms with Crippen LogP contribution in [0.2, 0.25) is 0 Å². The van der Waals surface area contributed by atoms with Crippen LogP contribution < -0.4 is 62.9 Å². The monoisotopic (exact) mass is 1960 g/mol. The van der Waals surface area contributed by atoms with Crippen LogP contribution in [0, 0.1) is 34.6 Å². The van der Waals surface area contributed by atoms with Crippen molar-refractivity contribution >= 4 is 112 Å². The third-order valence-electron chi connectivity index (χ3n) is 28.8. The Bertz CT molecular complexity index is 8540. The van der Waals surface area contributed by atoms with E-state index in [4.69, 9.17) is 47.0 Å². The fourth-order valence-electron chi connectivity index (χ4n) is 21.3. The molecule has 0 spiro atoms. The van der Waals surface area contributed by atoms with Crippen LogP contribution in [0.4, 0.5) is 28.4 Å². The molecule has 2 N–H and O–H groups in total. The van der Waals surface area contributed by atoms with Crippen LogP contribution in [0.25, 0.3) is 140 Å². The van der Waals surface area contributed by atoms with Gasteiger partial charge in [0.1, 0.15) is 55.8 Å². The van der Waals surface area contributed by atoms with Crippen LogP contribution in [-0.4, -0.2) is 236 Å². The summed E-state index contributed by atoms with van der Waals surface area (Å²) in [4.78, 5) is 129. The summed E-state index contributed by atoms with van der Waals surface area (Å²) >= 11 is 0. The molecule has 15 aromatic heterocycles. The number of piperazine rings is 3. The number of aryl methyl sites for hydroxylation is 5. The van der Waals surface area contributed by atoms with Crippen LogP contribution in [0.15, 0.2) is 259 Å². The Balaban J connectivity index is 0.000000101. The highest BCUT2D eigenvalue weighted by atomic mass is 16.4. The number of pyridine rings is 5. The van der Waals surface area contributed by atoms with E-state index in [9.17, 15) is 24.0 Å². The van der Waals surface area contributed by atoms with Crippen molar-refractivity contribution in [3.63, 3.8) is 0 Å². The largest absolute Gasteiger partial charge is 0.441 e. The third kappa shape index (κ3) is 19.7. The maximum atomic E-state index is 12.9. The average Bonchev–Trinajstić information content (AvgIpc) is 1.21. The van der Waals surface area contributed by atoms with Gasteiger partial charge >= 0.3 is 0 Å². The highest BCUT2D eigenvalue weighted by Crippen LogP contribution is 2.35. The van der Waals surface area contributed by atoms with E-state index < -0.39 is 0 Å². The van der Waals surface area contributed by atoms with Crippen LogP contribution in [-0.2, 0) is 0 Å². The zero-order chi connectivity index (χ0) is 99.7. The van der Waals surface area contributed by atoms with Crippen LogP contribution in [0.1, 0.15) is 81.8 Å². The van der Waals surface area contributed by atoms with E-state index in [1.54, 1.807) is 52.3 Å². The van der Waals surface area contributed by atoms with Crippen molar-refractivity contribution in [2.24, 2.45) is 0 Å². The van der Waals surface area contributed by atoms with Gasteiger partial charge in [-0.2, -0.15) is 0 Å². The SMILES string of the molecule is Cc1nc2ccc(-c3cc(=O)n4cc(N5CCCN(C)CC5)ccc4n3)cc2o1.Cc1nc2ccc(-c3cc(=O)n4cc(N5CCCNCC5)ccc4n3)cc2o1.Cc1nc2ccc(-c3cc(=O)n4cc(N5CCN6CCC[C@@H]6C5)ccc4n3)cc2o1.Cc1nc2ccc(-c3cc(=O)n4cc(N5CCN6CCC[C@H]6C5)ccc4n3)cc2o1.Cc1nc2ccc(-c3cc(=O)n4cc(N5CCNC(C)(C)C5)ccc4n3)cc2o1. The quantitative estimate of drug-likeness (QED) is 0.128. The molecule has 0 unspecified atom stereocenters. The topological polar surface area (TPSA) is 352 Å². The summed E-state index contributed by atoms with van der Waals surface area (Å²) < 4.78 is 36.3. The number of fused-ring (bicyclic) bond motifs is 12. The number of aromatic nitrogens is 15. The summed E-state index contributed by atoms with van der Waals surface area (Å²) in [6, 6.07) is 57.6. The maximum absolute atomic E-state index is 12.9. The zero-order valence-corrected chi connectivity index (χ0v) is 82.9. The molecule has 35 nitrogen and oxygen atoms in total. The Labute approximate surface area is 837 Å². The predicted octanol–water partition coefficient (Wildman–Crippen LogP) is 14.8. The number of anilines is 5. The summed E-state index contributed by atoms with van der Waals surface area (Å²) in [5.41, 5.74) is 23.0. The minimum atomic E-state index is -0.102. The molecule has 7 fully saturated rings. The van der Waals surface area contributed by atoms with Gasteiger partial charge in [-0.05, 0) is 207 Å². The molecule has 7 aliphatic heterocycles. The molecular formula is C111H113N25O10. The fourth-order valence-corrected chi connectivity index (χ4v) is 21.3. The molecular weight excluding hydrogens is 1840 g/mol. The zero-order valence-electron chi connectivity index (χ0n) is 82.9. The molecule has 35 heteroatoms. The first-order valence-electron chi connectivity index (χ1n) is 50.3. The maximum Gasteiger partial charge on any atom is 0.258 e. The summed E-state index contributed by atoms with van der Waals surface area (Å²) in [5, 5.41) is 6.91. The van der Waals surface area contributed by atoms with E-state index in [1.165, 1.54) is 38.8 Å². The van der Waals surface area contributed by atoms with Crippen LogP contribution in [0.5, 0.6) is 0 Å². The van der Waals surface area contributed by atoms with Gasteiger partial charge in [-0.3, -0.25) is 55.8 Å². The van der Waals surface area contributed by atoms with Crippen molar-refractivity contribution in [2.75, 3.05) is 156 Å². The van der Waals surface area contributed by atoms with Crippen molar-refractivity contribution in [3.05, 3.63) is 294 Å². The van der Waals surface area contributed by atoms with Gasteiger partial charge in [0, 0.05) is 240 Å². The minimum Gasteiger partial charge on any atom is -0.441 e. The van der Waals surface area contributed by atoms with E-state index in [0.717, 1.165) is 208 Å². The van der Waals surface area contributed by atoms with Crippen molar-refractivity contribution in [1.29, 1.82) is 0 Å². The second kappa shape index (κ2) is 39.3. The van der Waals surface area contributed by atoms with Crippen LogP contribution in [0.3, 0.4) is 0 Å². The number of likely N-dealkylation sites (N-methyl/N-ethyl adjacent to an activating group) is 1. The summed E-state index contributed by atoms with van der Waals surface area (Å²) in [7, 11) is 2.15. The van der Waals surface area contributed by atoms with E-state index in [0.29, 0.717) is 126 Å². The first kappa shape index (κ1) is 93.7. The van der Waals surface area contributed by atoms with Crippen molar-refractivity contribution in [3.8, 4) is 56.3 Å². The van der Waals surface area contributed by atoms with Crippen molar-refractivity contribution in [2.45, 2.75) is 105 Å². The molecule has 7 aliphatic rings. The number of rotatable bonds is 10. The molecule has 146 heavy (non-hydrogen) atoms. The number of oxazole rings is 5. The second-order valence-electron chi connectivity index (χ2n) is 39.6. The van der Waals surface area contributed by atoms with Gasteiger partial charge in [0.15, 0.2) is 57.4 Å². The number of hydrogen-bond acceptors (Lipinski definition) is 30. The number of benzene rings is 5. The lowest BCUT2D eigenvalue weighted by atomic mass is 10.0. The summed E-state index contributed by atoms with van der Waals surface area (Å²) in [6.45, 7) is 32.9. The normalized spacial score (nSPS) is 17.4. The van der Waals surface area contributed by atoms with E-state index in [-0.39, 0.29) is 33.3 Å². The molecule has 0 aliphatic carbocycles. The standard InChI is InChI=1S/2C23H23N5O2.2C22H23N5O2.C21H21N5O2/c2*1-15-24-19-6-4-16(11-21(19)30-15)20-12-23(29)28-14-18(5-7-22(28)25-20)27-10-9-26-8-2-3-17(26)13-27;1-14-24-17-6-4-15(10-19(17)29-14)18-11-21(28)27-12-16(5-7-20(27)25-18)26-9-8-23-22(2,3)13-26;1-15-23-18-6-4-16(12-20(18)29-15)19-13-22(28)27-14-17(5-7-21(27)24-19)26-9-3-8-25(2)10-11-26;1-14-23-17-5-3-15(11-19(17)28-14)18-12-21(27)26-13-16(4-6-20(26)24-18)25-9-2-7-22-8-10-25/h2*4-7,11-12,14,17H,2-3,8-10,13H2,1H3;4-7,10-12,23H,8-9,13H2,1-3H3;4-7,12-14H,3,8-11H2,1-2H3;3-6,11-13,22H,2,7-10H2,1H3/t2*17-;;;/m10.../s1. The molecule has 0 bridgehead atoms. The first-order chi connectivity index (χ1) is 70.9. The Morgan fingerprint density at radius 1 is 0.288 bits per heavy atom. The van der Waals surface area contributed by atoms with Gasteiger partial charge in [-0.1, -0.05) is 30.3 Å². The Kier molecular flexibility index (Phi) is 25.2. The number of nitrogens with zero attached hydrogens (tertiary/aromatic N) is 23. The fraction of sp³-hybridized carbons (Fsp3) is 0.324. The lowest BCUT2D eigenvalue weighted by Gasteiger charge is -2.40. The molecule has 742 valence electrons. The molecule has 0 amide bonds. The Hall–Kier alpha value is -16.0. The molecule has 20 aromatic rings. The van der Waals surface area contributed by atoms with Gasteiger partial charge in [-0.25, -0.2) is 49.8 Å². The van der Waals surface area contributed by atoms with Crippen molar-refractivity contribution in [1.82, 2.24) is 97.2 Å². The average molecular weight is 1960 g/mol. The van der Waals surface area contributed by atoms with Gasteiger partial charge in [-0.15, -0.1) is 0 Å². The Morgan fingerprint density at radius 2 is 0.589 bits per heavy atom. The van der Waals surface area contributed by atoms with Crippen LogP contribution >= 0.6 is 0 Å². The van der Waals surface area contributed by atoms with Gasteiger partial charge in [0.05, 0.1) is 56.9 Å². The molecule has 27 rings (SSSR count). The minimum absolute atomic E-state index is 0.0397. The van der Waals surface area contributed by atoms with E-state index >= 15 is 0 Å². The number of nitrogens with one attached hydrogen (secondary N) is 2. The second-order valence-corrected chi connectivity index (χ2v) is 39.6. The summed E-state index contributed by atoms with van der Waals surface area (Å²) in [5.74, 6) is 3.11. The van der Waals surface area contributed by atoms with E-state index in [2.05, 4.69) is 114 Å². The van der Waals surface area contributed by atoms with Gasteiger partial charge < -0.3 is 62.1 Å². The first-order valence-corrected chi connectivity index (χ1v) is 50.3. The molecule has 7 saturated heterocycles.